The predicted molar refractivity (Wildman–Crippen MR) is 34.6 cm³/mol. The molecule has 0 saturated heterocycles. The Kier molecular flexibility index (Phi) is 2.68. The summed E-state index contributed by atoms with van der Waals surface area (Å²) in [5.74, 6) is 0. The third kappa shape index (κ3) is 2.40. The lowest BCUT2D eigenvalue weighted by atomic mass is 10.2. The van der Waals surface area contributed by atoms with Gasteiger partial charge < -0.3 is 12.6 Å². The number of hydrogen-bond acceptors (Lipinski definition) is 1. The first kappa shape index (κ1) is 6.70. The van der Waals surface area contributed by atoms with Crippen molar-refractivity contribution in [1.29, 1.82) is 0 Å². The molecule has 0 aliphatic heterocycles. The fourth-order valence-corrected chi connectivity index (χ4v) is 0.279. The molecule has 0 heterocycles. The van der Waals surface area contributed by atoms with Crippen molar-refractivity contribution in [2.45, 2.75) is 13.8 Å². The second-order valence-corrected chi connectivity index (χ2v) is 1.72. The smallest absolute Gasteiger partial charge is 0.0739 e. The topological polar surface area (TPSA) is 0 Å². The molecule has 0 fully saturated rings. The minimum absolute atomic E-state index is 0.801. The van der Waals surface area contributed by atoms with Gasteiger partial charge in [-0.2, -0.15) is 0 Å². The van der Waals surface area contributed by atoms with Crippen LogP contribution in [0.3, 0.4) is 0 Å². The molecule has 0 unspecified atom stereocenters. The fourth-order valence-electron chi connectivity index (χ4n) is 0.0929. The van der Waals surface area contributed by atoms with Crippen LogP contribution in [0.5, 0.6) is 0 Å². The second kappa shape index (κ2) is 2.80. The molecule has 1 heteroatoms. The van der Waals surface area contributed by atoms with E-state index in [2.05, 4.69) is 12.6 Å². The van der Waals surface area contributed by atoms with E-state index in [9.17, 15) is 0 Å². The predicted octanol–water partition coefficient (Wildman–Crippen LogP) is 1.82. The van der Waals surface area contributed by atoms with Gasteiger partial charge in [0.1, 0.15) is 0 Å². The molecule has 0 aliphatic rings. The maximum Gasteiger partial charge on any atom is -0.0739 e. The summed E-state index contributed by atoms with van der Waals surface area (Å²) >= 11 is 4.59. The van der Waals surface area contributed by atoms with E-state index in [4.69, 9.17) is 6.58 Å². The molecular weight excluding hydrogens is 104 g/mol. The van der Waals surface area contributed by atoms with E-state index in [-0.39, 0.29) is 0 Å². The summed E-state index contributed by atoms with van der Waals surface area (Å²) in [6.45, 7) is 9.05. The zero-order valence-corrected chi connectivity index (χ0v) is 5.38. The second-order valence-electron chi connectivity index (χ2n) is 1.48. The number of rotatable bonds is 1. The van der Waals surface area contributed by atoms with E-state index >= 15 is 0 Å². The number of allylic oxidation sites excluding steroid dienone is 2. The number of hydrogen-bond donors (Lipinski definition) is 0. The lowest BCUT2D eigenvalue weighted by Crippen LogP contribution is -1.72. The first-order valence-electron chi connectivity index (χ1n) is 2.06. The summed E-state index contributed by atoms with van der Waals surface area (Å²) in [6, 6.07) is 0. The first-order valence-corrected chi connectivity index (χ1v) is 2.53. The molecule has 0 N–H and O–H groups in total. The highest BCUT2D eigenvalue weighted by Crippen LogP contribution is 2.01. The zero-order valence-electron chi connectivity index (χ0n) is 4.56. The standard InChI is InChI=1S/C6H9S/c1-5(2)6(3)4-7/h1,4,7H,2-3H3/q-1/p-1/b6-4-. The van der Waals surface area contributed by atoms with Crippen LogP contribution in [0.15, 0.2) is 16.6 Å². The molecule has 0 aromatic rings. The molecule has 0 amide bonds. The summed E-state index contributed by atoms with van der Waals surface area (Å²) in [5.41, 5.74) is 1.78. The van der Waals surface area contributed by atoms with Gasteiger partial charge in [-0.05, 0) is 0 Å². The van der Waals surface area contributed by atoms with Crippen LogP contribution in [-0.2, 0) is 12.6 Å². The molecule has 0 aromatic heterocycles. The highest BCUT2D eigenvalue weighted by molar-refractivity contribution is 7.62. The Labute approximate surface area is 50.3 Å². The van der Waals surface area contributed by atoms with Crippen LogP contribution in [0.4, 0.5) is 0 Å². The highest BCUT2D eigenvalue weighted by Gasteiger charge is 1.65. The largest absolute Gasteiger partial charge is 0.806 e. The zero-order chi connectivity index (χ0) is 5.86. The summed E-state index contributed by atoms with van der Waals surface area (Å²) in [5, 5.41) is 1.58. The van der Waals surface area contributed by atoms with Gasteiger partial charge >= 0.3 is 0 Å². The van der Waals surface area contributed by atoms with Crippen molar-refractivity contribution in [3.05, 3.63) is 23.1 Å². The van der Waals surface area contributed by atoms with E-state index in [1.807, 2.05) is 13.8 Å². The lowest BCUT2D eigenvalue weighted by Gasteiger charge is -2.10. The van der Waals surface area contributed by atoms with Gasteiger partial charge in [0.05, 0.1) is 0 Å². The van der Waals surface area contributed by atoms with Gasteiger partial charge in [-0.1, -0.05) is 6.92 Å². The first-order chi connectivity index (χ1) is 3.18. The van der Waals surface area contributed by atoms with Crippen LogP contribution in [-0.4, -0.2) is 0 Å². The van der Waals surface area contributed by atoms with Gasteiger partial charge in [0.25, 0.3) is 0 Å². The average molecular weight is 112 g/mol. The summed E-state index contributed by atoms with van der Waals surface area (Å²) in [7, 11) is 0. The molecule has 0 saturated carbocycles. The normalized spacial score (nSPS) is 11.4. The van der Waals surface area contributed by atoms with Crippen molar-refractivity contribution < 1.29 is 0 Å². The van der Waals surface area contributed by atoms with E-state index in [0.29, 0.717) is 0 Å². The van der Waals surface area contributed by atoms with Gasteiger partial charge in [-0.3, -0.25) is 12.0 Å². The summed E-state index contributed by atoms with van der Waals surface area (Å²) in [6.07, 6.45) is 0. The van der Waals surface area contributed by atoms with Crippen LogP contribution in [0.2, 0.25) is 0 Å². The van der Waals surface area contributed by atoms with Gasteiger partial charge in [-0.15, -0.1) is 6.92 Å². The van der Waals surface area contributed by atoms with Gasteiger partial charge in [-0.25, -0.2) is 11.1 Å². The maximum absolute atomic E-state index is 5.33. The van der Waals surface area contributed by atoms with E-state index in [1.54, 1.807) is 5.41 Å². The molecule has 0 spiro atoms. The van der Waals surface area contributed by atoms with Gasteiger partial charge in [0, 0.05) is 0 Å². The third-order valence-corrected chi connectivity index (χ3v) is 1.15. The van der Waals surface area contributed by atoms with Crippen LogP contribution >= 0.6 is 0 Å². The molecule has 40 valence electrons. The Hall–Kier alpha value is -0.300. The third-order valence-electron chi connectivity index (χ3n) is 0.799. The van der Waals surface area contributed by atoms with Crippen LogP contribution < -0.4 is 0 Å². The molecular formula is C6H8S-2. The Morgan fingerprint density at radius 2 is 2.00 bits per heavy atom. The van der Waals surface area contributed by atoms with E-state index < -0.39 is 0 Å². The highest BCUT2D eigenvalue weighted by atomic mass is 32.1. The molecule has 0 rings (SSSR count). The van der Waals surface area contributed by atoms with Crippen molar-refractivity contribution in [2.24, 2.45) is 0 Å². The van der Waals surface area contributed by atoms with Crippen molar-refractivity contribution in [2.75, 3.05) is 0 Å². The molecule has 0 aromatic carbocycles. The minimum Gasteiger partial charge on any atom is -0.806 e. The minimum atomic E-state index is 0.801. The maximum atomic E-state index is 5.33. The SMILES string of the molecule is [CH-]=C(C)/C(C)=C\[S-]. The van der Waals surface area contributed by atoms with E-state index in [0.717, 1.165) is 11.1 Å². The van der Waals surface area contributed by atoms with Crippen LogP contribution in [0.25, 0.3) is 0 Å². The molecule has 7 heavy (non-hydrogen) atoms. The Balaban J connectivity index is 3.82. The van der Waals surface area contributed by atoms with Gasteiger partial charge in [0.15, 0.2) is 0 Å². The van der Waals surface area contributed by atoms with Crippen molar-refractivity contribution >= 4 is 12.6 Å². The van der Waals surface area contributed by atoms with Gasteiger partial charge in [0.2, 0.25) is 0 Å². The lowest BCUT2D eigenvalue weighted by molar-refractivity contribution is 1.37. The molecule has 0 nitrogen and oxygen atoms in total. The average Bonchev–Trinajstić information content (AvgIpc) is 1.65. The molecule has 0 aliphatic carbocycles. The summed E-state index contributed by atoms with van der Waals surface area (Å²) in [4.78, 5) is 0. The van der Waals surface area contributed by atoms with Crippen LogP contribution in [0.1, 0.15) is 13.8 Å². The molecule has 0 radical (unpaired) electrons. The molecule has 0 bridgehead atoms. The Bertz CT molecular complexity index is 101. The Morgan fingerprint density at radius 3 is 2.00 bits per heavy atom. The monoisotopic (exact) mass is 112 g/mol. The van der Waals surface area contributed by atoms with Crippen molar-refractivity contribution in [1.82, 2.24) is 0 Å². The Morgan fingerprint density at radius 1 is 1.57 bits per heavy atom. The summed E-state index contributed by atoms with van der Waals surface area (Å²) < 4.78 is 0. The van der Waals surface area contributed by atoms with Crippen LogP contribution in [0, 0.1) is 6.58 Å². The van der Waals surface area contributed by atoms with E-state index in [1.165, 1.54) is 0 Å². The van der Waals surface area contributed by atoms with Crippen molar-refractivity contribution in [3.8, 4) is 0 Å². The van der Waals surface area contributed by atoms with Crippen molar-refractivity contribution in [3.63, 3.8) is 0 Å². The fraction of sp³-hybridized carbons (Fsp3) is 0.333. The molecule has 0 atom stereocenters. The quantitative estimate of drug-likeness (QED) is 0.283.